The van der Waals surface area contributed by atoms with Crippen molar-refractivity contribution >= 4 is 28.7 Å². The maximum Gasteiger partial charge on any atom is 0.406 e. The fourth-order valence-corrected chi connectivity index (χ4v) is 6.79. The molecule has 2 atom stereocenters. The lowest BCUT2D eigenvalue weighted by molar-refractivity contribution is 0.0232. The summed E-state index contributed by atoms with van der Waals surface area (Å²) in [6.07, 6.45) is 1.86. The first kappa shape index (κ1) is 32.5. The predicted octanol–water partition coefficient (Wildman–Crippen LogP) is 8.30. The van der Waals surface area contributed by atoms with Crippen LogP contribution in [0.5, 0.6) is 11.5 Å². The van der Waals surface area contributed by atoms with Crippen LogP contribution >= 0.6 is 11.3 Å². The number of amidine groups is 1. The van der Waals surface area contributed by atoms with E-state index in [0.717, 1.165) is 27.4 Å². The van der Waals surface area contributed by atoms with Gasteiger partial charge in [0.15, 0.2) is 0 Å². The summed E-state index contributed by atoms with van der Waals surface area (Å²) < 4.78 is 33.0. The normalized spacial score (nSPS) is 17.2. The number of aliphatic imine (C=N–C) groups is 1. The maximum absolute atomic E-state index is 14.8. The molecule has 0 fully saturated rings. The van der Waals surface area contributed by atoms with E-state index in [1.807, 2.05) is 85.1 Å². The van der Waals surface area contributed by atoms with Crippen molar-refractivity contribution in [2.45, 2.75) is 31.5 Å². The predicted molar refractivity (Wildman–Crippen MR) is 187 cm³/mol. The van der Waals surface area contributed by atoms with E-state index >= 15 is 0 Å². The zero-order valence-electron chi connectivity index (χ0n) is 26.9. The van der Waals surface area contributed by atoms with Gasteiger partial charge in [-0.3, -0.25) is 0 Å². The molecule has 3 heterocycles. The number of thiophene rings is 1. The fourth-order valence-electron chi connectivity index (χ4n) is 5.84. The van der Waals surface area contributed by atoms with Crippen LogP contribution in [0.15, 0.2) is 114 Å². The van der Waals surface area contributed by atoms with Gasteiger partial charge in [-0.2, -0.15) is 14.7 Å². The lowest BCUT2D eigenvalue weighted by Gasteiger charge is -2.43. The first-order valence-corrected chi connectivity index (χ1v) is 16.3. The molecule has 240 valence electrons. The molecule has 1 aliphatic heterocycles. The lowest BCUT2D eigenvalue weighted by Crippen LogP contribution is -2.55. The molecule has 7 nitrogen and oxygen atoms in total. The Kier molecular flexibility index (Phi) is 9.54. The second-order valence-electron chi connectivity index (χ2n) is 11.6. The number of alkyl halides is 1. The maximum atomic E-state index is 14.8. The number of quaternary nitrogens is 1. The molecule has 0 unspecified atom stereocenters. The molecule has 5 aromatic rings. The molecule has 2 aromatic heterocycles. The van der Waals surface area contributed by atoms with E-state index in [-0.39, 0.29) is 4.48 Å². The summed E-state index contributed by atoms with van der Waals surface area (Å²) in [6.45, 7) is 1.81. The van der Waals surface area contributed by atoms with E-state index in [0.29, 0.717) is 41.7 Å². The Hall–Kier alpha value is -5.48. The van der Waals surface area contributed by atoms with Crippen molar-refractivity contribution in [1.29, 1.82) is 5.26 Å². The molecule has 9 heteroatoms. The minimum Gasteiger partial charge on any atom is -0.497 e. The molecule has 0 spiro atoms. The quantitative estimate of drug-likeness (QED) is 0.124. The van der Waals surface area contributed by atoms with Gasteiger partial charge in [-0.1, -0.05) is 36.3 Å². The van der Waals surface area contributed by atoms with Crippen LogP contribution < -0.4 is 14.0 Å². The topological polar surface area (TPSA) is 76.7 Å². The number of methoxy groups -OCH3 is 2. The molecule has 0 N–H and O–H groups in total. The summed E-state index contributed by atoms with van der Waals surface area (Å²) in [5, 5.41) is 11.0. The summed E-state index contributed by atoms with van der Waals surface area (Å²) in [5.74, 6) is 7.68. The smallest absolute Gasteiger partial charge is 0.406 e. The zero-order chi connectivity index (χ0) is 33.6. The van der Waals surface area contributed by atoms with Gasteiger partial charge in [0.05, 0.1) is 25.8 Å². The van der Waals surface area contributed by atoms with Gasteiger partial charge in [0.1, 0.15) is 53.5 Å². The van der Waals surface area contributed by atoms with Gasteiger partial charge in [0.25, 0.3) is 0 Å². The van der Waals surface area contributed by atoms with E-state index in [1.165, 1.54) is 17.5 Å². The minimum atomic E-state index is -0.899. The van der Waals surface area contributed by atoms with Gasteiger partial charge in [0, 0.05) is 58.3 Å². The van der Waals surface area contributed by atoms with E-state index in [2.05, 4.69) is 35.0 Å². The summed E-state index contributed by atoms with van der Waals surface area (Å²) in [6, 6.07) is 33.0. The molecule has 0 saturated heterocycles. The highest BCUT2D eigenvalue weighted by molar-refractivity contribution is 7.10. The van der Waals surface area contributed by atoms with Crippen LogP contribution in [-0.4, -0.2) is 37.9 Å². The molecule has 1 aliphatic rings. The van der Waals surface area contributed by atoms with Crippen LogP contribution in [0.4, 0.5) is 15.8 Å². The van der Waals surface area contributed by atoms with Crippen LogP contribution in [0.25, 0.3) is 0 Å². The number of benzene rings is 3. The van der Waals surface area contributed by atoms with Crippen molar-refractivity contribution in [1.82, 2.24) is 9.47 Å². The SMILES string of the molecule is COc1ccc([N+](Cc2ccccc2)(C2=N[C@H](CF)C[C@@](C)(c3cc(C#Cc4ccc(C#N)cn4)cs3)O2)c2ccc(OC)cc2)cc1. The van der Waals surface area contributed by atoms with Gasteiger partial charge < -0.3 is 14.2 Å². The second kappa shape index (κ2) is 14.1. The van der Waals surface area contributed by atoms with Crippen molar-refractivity contribution in [2.24, 2.45) is 4.99 Å². The van der Waals surface area contributed by atoms with Gasteiger partial charge in [0.2, 0.25) is 0 Å². The fraction of sp³-hybridized carbons (Fsp3) is 0.205. The number of nitrogens with zero attached hydrogens (tertiary/aromatic N) is 4. The van der Waals surface area contributed by atoms with E-state index in [4.69, 9.17) is 24.5 Å². The van der Waals surface area contributed by atoms with Gasteiger partial charge >= 0.3 is 6.02 Å². The zero-order valence-corrected chi connectivity index (χ0v) is 27.7. The molecular weight excluding hydrogens is 624 g/mol. The first-order valence-electron chi connectivity index (χ1n) is 15.4. The third-order valence-electron chi connectivity index (χ3n) is 8.38. The van der Waals surface area contributed by atoms with Crippen LogP contribution in [0, 0.1) is 23.2 Å². The highest BCUT2D eigenvalue weighted by atomic mass is 32.1. The van der Waals surface area contributed by atoms with Crippen LogP contribution in [0.3, 0.4) is 0 Å². The van der Waals surface area contributed by atoms with Crippen molar-refractivity contribution < 1.29 is 18.6 Å². The van der Waals surface area contributed by atoms with E-state index < -0.39 is 18.3 Å². The third-order valence-corrected chi connectivity index (χ3v) is 9.55. The Labute approximate surface area is 284 Å². The van der Waals surface area contributed by atoms with Crippen LogP contribution in [-0.2, 0) is 16.9 Å². The molecular formula is C39H34FN4O3S+. The number of nitriles is 1. The van der Waals surface area contributed by atoms with Gasteiger partial charge in [-0.05, 0) is 55.3 Å². The summed E-state index contributed by atoms with van der Waals surface area (Å²) >= 11 is 1.52. The Morgan fingerprint density at radius 1 is 0.917 bits per heavy atom. The lowest BCUT2D eigenvalue weighted by atomic mass is 9.93. The summed E-state index contributed by atoms with van der Waals surface area (Å²) in [5.41, 5.74) is 3.73. The Balaban J connectivity index is 1.47. The van der Waals surface area contributed by atoms with Gasteiger partial charge in [-0.25, -0.2) is 9.37 Å². The largest absolute Gasteiger partial charge is 0.497 e. The monoisotopic (exact) mass is 657 g/mol. The van der Waals surface area contributed by atoms with Crippen LogP contribution in [0.1, 0.15) is 40.6 Å². The molecule has 0 amide bonds. The Morgan fingerprint density at radius 2 is 1.58 bits per heavy atom. The standard InChI is InChI=1S/C39H34FN4O3S/c1-39(37-21-29(27-48-37)9-11-31-12-10-30(24-41)25-42-31)22-32(23-40)43-38(47-39)44(26-28-7-5-4-6-8-28,33-13-17-35(45-2)18-14-33)34-15-19-36(46-3)20-16-34/h4-8,10,12-21,25,27,32H,22-23,26H2,1-3H3/q+1/t32-,39-/m0/s1. The van der Waals surface area contributed by atoms with E-state index in [1.54, 1.807) is 26.4 Å². The number of halogens is 1. The highest BCUT2D eigenvalue weighted by Gasteiger charge is 2.50. The van der Waals surface area contributed by atoms with Crippen molar-refractivity contribution in [2.75, 3.05) is 20.9 Å². The number of rotatable bonds is 8. The van der Waals surface area contributed by atoms with Crippen LogP contribution in [0.2, 0.25) is 0 Å². The van der Waals surface area contributed by atoms with Gasteiger partial charge in [-0.15, -0.1) is 11.3 Å². The second-order valence-corrected chi connectivity index (χ2v) is 12.5. The minimum absolute atomic E-state index is 0.0620. The van der Waals surface area contributed by atoms with Crippen molar-refractivity contribution in [3.8, 4) is 29.4 Å². The molecule has 3 aromatic carbocycles. The Morgan fingerprint density at radius 3 is 2.15 bits per heavy atom. The number of hydrogen-bond donors (Lipinski definition) is 0. The summed E-state index contributed by atoms with van der Waals surface area (Å²) in [4.78, 5) is 10.2. The molecule has 0 bridgehead atoms. The molecule has 48 heavy (non-hydrogen) atoms. The van der Waals surface area contributed by atoms with Crippen molar-refractivity contribution in [3.63, 3.8) is 0 Å². The molecule has 6 rings (SSSR count). The average molecular weight is 658 g/mol. The number of ether oxygens (including phenoxy) is 3. The number of hydrogen-bond acceptors (Lipinski definition) is 7. The van der Waals surface area contributed by atoms with Crippen molar-refractivity contribution in [3.05, 3.63) is 136 Å². The molecule has 0 saturated carbocycles. The summed E-state index contributed by atoms with van der Waals surface area (Å²) in [7, 11) is 3.27. The Bertz CT molecular complexity index is 1950. The highest BCUT2D eigenvalue weighted by Crippen LogP contribution is 2.46. The average Bonchev–Trinajstić information content (AvgIpc) is 3.64. The van der Waals surface area contributed by atoms with E-state index in [9.17, 15) is 4.39 Å². The number of aromatic nitrogens is 1. The molecule has 0 aliphatic carbocycles. The molecule has 0 radical (unpaired) electrons. The number of pyridine rings is 1. The first-order chi connectivity index (χ1) is 23.4. The third kappa shape index (κ3) is 6.65.